The summed E-state index contributed by atoms with van der Waals surface area (Å²) in [6, 6.07) is 37.8. The van der Waals surface area contributed by atoms with Gasteiger partial charge < -0.3 is 22.3 Å². The second-order valence-corrected chi connectivity index (χ2v) is 10.3. The van der Waals surface area contributed by atoms with E-state index < -0.39 is 0 Å². The third-order valence-corrected chi connectivity index (χ3v) is 7.07. The second-order valence-electron chi connectivity index (χ2n) is 8.55. The molecule has 0 bridgehead atoms. The molecule has 0 aliphatic heterocycles. The molecule has 0 radical (unpaired) electrons. The molecule has 0 saturated heterocycles. The summed E-state index contributed by atoms with van der Waals surface area (Å²) in [7, 11) is 0. The van der Waals surface area contributed by atoms with Gasteiger partial charge in [0.2, 0.25) is 0 Å². The number of carbonyl (C=O) groups excluding carboxylic acids is 2. The normalized spacial score (nSPS) is 9.84. The molecule has 1 N–H and O–H groups in total. The number of rotatable bonds is 7. The van der Waals surface area contributed by atoms with E-state index in [-0.39, 0.29) is 60.4 Å². The second kappa shape index (κ2) is 24.4. The van der Waals surface area contributed by atoms with Crippen molar-refractivity contribution in [3.63, 3.8) is 0 Å². The Morgan fingerprint density at radius 1 is 0.773 bits per heavy atom. The Morgan fingerprint density at radius 2 is 1.30 bits per heavy atom. The number of aliphatic hydroxyl groups excluding tert-OH is 1. The minimum atomic E-state index is -0.371. The molecule has 0 atom stereocenters. The number of carbonyl (C=O) groups is 2. The zero-order chi connectivity index (χ0) is 30.6. The van der Waals surface area contributed by atoms with Gasteiger partial charge in [-0.05, 0) is 54.8 Å². The van der Waals surface area contributed by atoms with Crippen LogP contribution >= 0.6 is 23.5 Å². The van der Waals surface area contributed by atoms with Crippen LogP contribution in [0.1, 0.15) is 30.5 Å². The van der Waals surface area contributed by atoms with E-state index in [2.05, 4.69) is 24.2 Å². The molecule has 0 spiro atoms. The van der Waals surface area contributed by atoms with Crippen molar-refractivity contribution in [3.05, 3.63) is 132 Å². The number of hydrogen-bond donors (Lipinski definition) is 1. The monoisotopic (exact) mass is 654 g/mol. The van der Waals surface area contributed by atoms with Crippen LogP contribution in [0.4, 0.5) is 0 Å². The van der Waals surface area contributed by atoms with Gasteiger partial charge in [0.25, 0.3) is 0 Å². The number of aliphatic hydroxyl groups is 1. The number of esters is 1. The number of hydrogen-bond acceptors (Lipinski definition) is 6. The minimum absolute atomic E-state index is 0. The number of ether oxygens (including phenoxy) is 1. The van der Waals surface area contributed by atoms with Gasteiger partial charge in [-0.3, -0.25) is 9.59 Å². The fraction of sp³-hybridized carbons (Fsp3) is 0.167. The van der Waals surface area contributed by atoms with Crippen LogP contribution in [-0.4, -0.2) is 65.6 Å². The number of benzene rings is 4. The van der Waals surface area contributed by atoms with Gasteiger partial charge >= 0.3 is 29.0 Å². The van der Waals surface area contributed by atoms with Crippen molar-refractivity contribution in [1.29, 1.82) is 0 Å². The van der Waals surface area contributed by atoms with Crippen LogP contribution in [0, 0.1) is 17.9 Å². The number of thioether (sulfide) groups is 2. The van der Waals surface area contributed by atoms with E-state index in [1.54, 1.807) is 23.5 Å². The fourth-order valence-corrected chi connectivity index (χ4v) is 4.45. The maximum Gasteiger partial charge on any atom is 2.00 e. The van der Waals surface area contributed by atoms with E-state index in [9.17, 15) is 9.59 Å². The average molecular weight is 656 g/mol. The van der Waals surface area contributed by atoms with Crippen LogP contribution < -0.4 is 12.4 Å². The minimum Gasteiger partial charge on any atom is -1.00 e. The number of Topliss-reactive ketones (excluding diaryl/α,β-unsaturated/α-hetero) is 1. The Bertz CT molecular complexity index is 1470. The first-order chi connectivity index (χ1) is 20.4. The standard InChI is InChI=1S/C20H20O3S.C9H8O.C7H7S.ClH.Mg/c1-14(21)20(17-7-5-4-6-8-17)19(13-23-15(2)22)16-9-11-18(24-3)12-10-16;10-8-4-7-9-5-2-1-3-6-9;1-8-7-5-3-2-4-6-7;;/h4-12H,13H2,1-3H3;1-3,5-6,10H,8H2;3-6H,1H3;1H;/q;;-1;;+2/p-1/b20-19-;;;;. The largest absolute Gasteiger partial charge is 2.00 e. The molecule has 0 heterocycles. The van der Waals surface area contributed by atoms with Crippen LogP contribution in [0.3, 0.4) is 0 Å². The molecule has 44 heavy (non-hydrogen) atoms. The Morgan fingerprint density at radius 3 is 1.75 bits per heavy atom. The summed E-state index contributed by atoms with van der Waals surface area (Å²) in [5.74, 6) is 4.94. The SMILES string of the molecule is CSc1cc[c-]cc1.CSc1ccc(/C(COC(C)=O)=C(/C(C)=O)c2ccccc2)cc1.OCC#Cc1ccccc1.[Cl-].[Mg+2]. The van der Waals surface area contributed by atoms with Gasteiger partial charge in [0.05, 0.1) is 0 Å². The molecule has 0 fully saturated rings. The Labute approximate surface area is 292 Å². The van der Waals surface area contributed by atoms with E-state index >= 15 is 0 Å². The van der Waals surface area contributed by atoms with Crippen molar-refractivity contribution >= 4 is 69.5 Å². The number of ketones is 1. The van der Waals surface area contributed by atoms with Gasteiger partial charge in [0, 0.05) is 28.5 Å². The van der Waals surface area contributed by atoms with Crippen LogP contribution in [0.2, 0.25) is 0 Å². The molecule has 0 aromatic heterocycles. The average Bonchev–Trinajstić information content (AvgIpc) is 3.03. The van der Waals surface area contributed by atoms with E-state index in [1.807, 2.05) is 115 Å². The number of halogens is 1. The van der Waals surface area contributed by atoms with Crippen molar-refractivity contribution in [2.24, 2.45) is 0 Å². The van der Waals surface area contributed by atoms with Crippen molar-refractivity contribution in [1.82, 2.24) is 0 Å². The van der Waals surface area contributed by atoms with Crippen LogP contribution in [0.25, 0.3) is 11.1 Å². The molecule has 4 aromatic rings. The van der Waals surface area contributed by atoms with Gasteiger partial charge in [-0.25, -0.2) is 0 Å². The molecular formula is C36H35ClMgO4S2. The molecule has 0 amide bonds. The summed E-state index contributed by atoms with van der Waals surface area (Å²) >= 11 is 3.40. The van der Waals surface area contributed by atoms with Crippen molar-refractivity contribution in [3.8, 4) is 11.8 Å². The van der Waals surface area contributed by atoms with Crippen molar-refractivity contribution < 1.29 is 31.8 Å². The van der Waals surface area contributed by atoms with E-state index in [1.165, 1.54) is 18.7 Å². The van der Waals surface area contributed by atoms with Gasteiger partial charge in [0.15, 0.2) is 5.78 Å². The molecule has 4 nitrogen and oxygen atoms in total. The van der Waals surface area contributed by atoms with Gasteiger partial charge in [-0.2, -0.15) is 42.1 Å². The van der Waals surface area contributed by atoms with E-state index in [0.717, 1.165) is 27.2 Å². The number of allylic oxidation sites excluding steroid dienone is 1. The molecule has 224 valence electrons. The maximum atomic E-state index is 12.3. The van der Waals surface area contributed by atoms with Gasteiger partial charge in [0.1, 0.15) is 13.2 Å². The summed E-state index contributed by atoms with van der Waals surface area (Å²) < 4.78 is 5.21. The molecule has 0 aliphatic rings. The van der Waals surface area contributed by atoms with Crippen molar-refractivity contribution in [2.75, 3.05) is 25.7 Å². The maximum absolute atomic E-state index is 12.3. The molecule has 0 unspecified atom stereocenters. The first kappa shape index (κ1) is 41.0. The predicted molar refractivity (Wildman–Crippen MR) is 182 cm³/mol. The summed E-state index contributed by atoms with van der Waals surface area (Å²) in [5, 5.41) is 8.35. The Hall–Kier alpha value is -2.96. The molecule has 0 saturated carbocycles. The first-order valence-corrected chi connectivity index (χ1v) is 15.6. The quantitative estimate of drug-likeness (QED) is 0.0609. The molecule has 0 aliphatic carbocycles. The van der Waals surface area contributed by atoms with Crippen molar-refractivity contribution in [2.45, 2.75) is 23.6 Å². The molecule has 4 rings (SSSR count). The molecular weight excluding hydrogens is 620 g/mol. The summed E-state index contributed by atoms with van der Waals surface area (Å²) in [6.07, 6.45) is 4.07. The Balaban J connectivity index is 0.000000760. The fourth-order valence-electron chi connectivity index (χ4n) is 3.63. The molecule has 4 aromatic carbocycles. The van der Waals surface area contributed by atoms with Crippen LogP contribution in [0.15, 0.2) is 119 Å². The summed E-state index contributed by atoms with van der Waals surface area (Å²) in [6.45, 7) is 2.89. The zero-order valence-electron chi connectivity index (χ0n) is 25.4. The van der Waals surface area contributed by atoms with Gasteiger partial charge in [-0.1, -0.05) is 72.5 Å². The predicted octanol–water partition coefficient (Wildman–Crippen LogP) is 4.33. The summed E-state index contributed by atoms with van der Waals surface area (Å²) in [4.78, 5) is 26.0. The Kier molecular flexibility index (Phi) is 22.7. The van der Waals surface area contributed by atoms with E-state index in [0.29, 0.717) is 5.57 Å². The van der Waals surface area contributed by atoms with E-state index in [4.69, 9.17) is 9.84 Å². The third-order valence-electron chi connectivity index (χ3n) is 5.58. The zero-order valence-corrected chi connectivity index (χ0v) is 29.2. The molecule has 8 heteroatoms. The van der Waals surface area contributed by atoms with Gasteiger partial charge in [-0.15, -0.1) is 16.7 Å². The topological polar surface area (TPSA) is 63.6 Å². The summed E-state index contributed by atoms with van der Waals surface area (Å²) in [5.41, 5.74) is 3.94. The van der Waals surface area contributed by atoms with Crippen LogP contribution in [-0.2, 0) is 14.3 Å². The first-order valence-electron chi connectivity index (χ1n) is 13.1. The third kappa shape index (κ3) is 15.7. The smallest absolute Gasteiger partial charge is 1.00 e. The van der Waals surface area contributed by atoms with Crippen LogP contribution in [0.5, 0.6) is 0 Å².